The van der Waals surface area contributed by atoms with Crippen molar-refractivity contribution in [3.8, 4) is 17.4 Å². The first-order valence-electron chi connectivity index (χ1n) is 12.8. The third-order valence-corrected chi connectivity index (χ3v) is 6.00. The quantitative estimate of drug-likeness (QED) is 0.231. The van der Waals surface area contributed by atoms with Crippen molar-refractivity contribution in [3.63, 3.8) is 0 Å². The molecular formula is C28H33F4N5O3. The number of hydrogen-bond acceptors (Lipinski definition) is 7. The van der Waals surface area contributed by atoms with E-state index in [4.69, 9.17) is 9.47 Å². The molecule has 3 aromatic rings. The van der Waals surface area contributed by atoms with Crippen LogP contribution in [0.1, 0.15) is 55.5 Å². The lowest BCUT2D eigenvalue weighted by Crippen LogP contribution is -2.35. The van der Waals surface area contributed by atoms with E-state index in [-0.39, 0.29) is 34.7 Å². The Labute approximate surface area is 230 Å². The number of nitrogens with one attached hydrogen (secondary N) is 2. The number of rotatable bonds is 12. The van der Waals surface area contributed by atoms with Gasteiger partial charge < -0.3 is 25.0 Å². The van der Waals surface area contributed by atoms with Crippen LogP contribution < -0.4 is 25.0 Å². The van der Waals surface area contributed by atoms with E-state index in [0.29, 0.717) is 11.9 Å². The summed E-state index contributed by atoms with van der Waals surface area (Å²) in [4.78, 5) is 22.2. The molecule has 1 amide bonds. The number of carbonyl (C=O) groups excluding carboxylic acids is 1. The van der Waals surface area contributed by atoms with Crippen molar-refractivity contribution in [2.24, 2.45) is 0 Å². The number of para-hydroxylation sites is 2. The molecule has 8 nitrogen and oxygen atoms in total. The molecule has 0 aliphatic carbocycles. The molecule has 0 aliphatic rings. The average molecular weight is 564 g/mol. The van der Waals surface area contributed by atoms with Gasteiger partial charge in [-0.25, -0.2) is 9.37 Å². The minimum absolute atomic E-state index is 0.00890. The van der Waals surface area contributed by atoms with Gasteiger partial charge in [0, 0.05) is 32.4 Å². The van der Waals surface area contributed by atoms with E-state index in [1.165, 1.54) is 19.2 Å². The third kappa shape index (κ3) is 7.51. The van der Waals surface area contributed by atoms with Gasteiger partial charge in [-0.15, -0.1) is 0 Å². The van der Waals surface area contributed by atoms with Crippen LogP contribution in [0, 0.1) is 5.82 Å². The fourth-order valence-corrected chi connectivity index (χ4v) is 4.08. The number of hydrogen-bond donors (Lipinski definition) is 2. The number of nitrogens with zero attached hydrogens (tertiary/aromatic N) is 3. The van der Waals surface area contributed by atoms with Gasteiger partial charge in [0.25, 0.3) is 5.91 Å². The second kappa shape index (κ2) is 13.3. The van der Waals surface area contributed by atoms with Gasteiger partial charge in [-0.05, 0) is 31.0 Å². The lowest BCUT2D eigenvalue weighted by Gasteiger charge is -2.19. The molecule has 0 spiro atoms. The van der Waals surface area contributed by atoms with Crippen molar-refractivity contribution in [3.05, 3.63) is 59.5 Å². The Hall–Kier alpha value is -4.09. The minimum atomic E-state index is -4.80. The molecule has 3 rings (SSSR count). The van der Waals surface area contributed by atoms with Gasteiger partial charge in [-0.1, -0.05) is 38.8 Å². The van der Waals surface area contributed by atoms with Crippen molar-refractivity contribution in [2.45, 2.75) is 51.7 Å². The highest BCUT2D eigenvalue weighted by Crippen LogP contribution is 2.40. The first-order chi connectivity index (χ1) is 19.0. The Balaban J connectivity index is 1.95. The van der Waals surface area contributed by atoms with Gasteiger partial charge in [0.2, 0.25) is 11.8 Å². The molecule has 1 aromatic heterocycles. The molecule has 0 bridgehead atoms. The molecule has 0 atom stereocenters. The number of methoxy groups -OCH3 is 1. The standard InChI is InChI=1S/C28H33F4N5O3/c1-6-10-17(11-7-2)34-25(38)18-14-24(39-5)21(15-20(18)29)35-27-33-16-19(28(30,31)32)26(36-27)40-23-13-9-8-12-22(23)37(3)4/h8-9,12-17H,6-7,10-11H2,1-5H3,(H,34,38)(H,33,35,36). The molecule has 40 heavy (non-hydrogen) atoms. The van der Waals surface area contributed by atoms with Crippen molar-refractivity contribution < 1.29 is 31.8 Å². The third-order valence-electron chi connectivity index (χ3n) is 6.00. The number of aromatic nitrogens is 2. The van der Waals surface area contributed by atoms with E-state index >= 15 is 4.39 Å². The first-order valence-corrected chi connectivity index (χ1v) is 12.8. The summed E-state index contributed by atoms with van der Waals surface area (Å²) in [6.45, 7) is 4.00. The minimum Gasteiger partial charge on any atom is -0.495 e. The molecule has 0 aliphatic heterocycles. The van der Waals surface area contributed by atoms with Gasteiger partial charge in [-0.3, -0.25) is 4.79 Å². The Morgan fingerprint density at radius 1 is 1.07 bits per heavy atom. The van der Waals surface area contributed by atoms with E-state index in [1.807, 2.05) is 13.8 Å². The van der Waals surface area contributed by atoms with E-state index in [0.717, 1.165) is 31.7 Å². The highest BCUT2D eigenvalue weighted by molar-refractivity contribution is 5.96. The predicted octanol–water partition coefficient (Wildman–Crippen LogP) is 6.94. The van der Waals surface area contributed by atoms with Crippen LogP contribution in [0.2, 0.25) is 0 Å². The zero-order valence-electron chi connectivity index (χ0n) is 23.0. The maximum absolute atomic E-state index is 15.1. The van der Waals surface area contributed by atoms with E-state index in [1.54, 1.807) is 37.2 Å². The summed E-state index contributed by atoms with van der Waals surface area (Å²) in [5.74, 6) is -2.27. The van der Waals surface area contributed by atoms with Crippen LogP contribution in [0.5, 0.6) is 17.4 Å². The fourth-order valence-electron chi connectivity index (χ4n) is 4.08. The zero-order chi connectivity index (χ0) is 29.4. The maximum Gasteiger partial charge on any atom is 0.423 e. The van der Waals surface area contributed by atoms with Crippen molar-refractivity contribution in [2.75, 3.05) is 31.4 Å². The SMILES string of the molecule is CCCC(CCC)NC(=O)c1cc(OC)c(Nc2ncc(C(F)(F)F)c(Oc3ccccc3N(C)C)n2)cc1F. The number of benzene rings is 2. The Morgan fingerprint density at radius 2 is 1.75 bits per heavy atom. The van der Waals surface area contributed by atoms with Gasteiger partial charge in [0.1, 0.15) is 17.1 Å². The predicted molar refractivity (Wildman–Crippen MR) is 145 cm³/mol. The second-order valence-electron chi connectivity index (χ2n) is 9.28. The number of amides is 1. The van der Waals surface area contributed by atoms with Gasteiger partial charge in [-0.2, -0.15) is 18.2 Å². The summed E-state index contributed by atoms with van der Waals surface area (Å²) in [7, 11) is 4.76. The maximum atomic E-state index is 15.1. The summed E-state index contributed by atoms with van der Waals surface area (Å²) < 4.78 is 67.3. The van der Waals surface area contributed by atoms with Crippen LogP contribution in [0.15, 0.2) is 42.6 Å². The van der Waals surface area contributed by atoms with E-state index < -0.39 is 29.3 Å². The summed E-state index contributed by atoms with van der Waals surface area (Å²) in [5, 5.41) is 5.53. The van der Waals surface area contributed by atoms with Crippen LogP contribution >= 0.6 is 0 Å². The highest BCUT2D eigenvalue weighted by Gasteiger charge is 2.37. The molecule has 2 N–H and O–H groups in total. The van der Waals surface area contributed by atoms with Crippen LogP contribution in [0.3, 0.4) is 0 Å². The van der Waals surface area contributed by atoms with E-state index in [2.05, 4.69) is 20.6 Å². The molecule has 12 heteroatoms. The van der Waals surface area contributed by atoms with Crippen molar-refractivity contribution in [1.29, 1.82) is 0 Å². The first kappa shape index (κ1) is 30.5. The summed E-state index contributed by atoms with van der Waals surface area (Å²) in [5.41, 5.74) is -0.876. The summed E-state index contributed by atoms with van der Waals surface area (Å²) in [6, 6.07) is 8.66. The monoisotopic (exact) mass is 563 g/mol. The molecule has 1 heterocycles. The largest absolute Gasteiger partial charge is 0.495 e. The van der Waals surface area contributed by atoms with Gasteiger partial charge in [0.05, 0.1) is 24.0 Å². The second-order valence-corrected chi connectivity index (χ2v) is 9.28. The van der Waals surface area contributed by atoms with Crippen LogP contribution in [-0.4, -0.2) is 43.1 Å². The number of carbonyl (C=O) groups is 1. The molecular weight excluding hydrogens is 530 g/mol. The Morgan fingerprint density at radius 3 is 2.35 bits per heavy atom. The average Bonchev–Trinajstić information content (AvgIpc) is 2.88. The van der Waals surface area contributed by atoms with Crippen LogP contribution in [0.25, 0.3) is 0 Å². The fraction of sp³-hybridized carbons (Fsp3) is 0.393. The molecule has 0 radical (unpaired) electrons. The molecule has 0 saturated carbocycles. The molecule has 0 saturated heterocycles. The van der Waals surface area contributed by atoms with Gasteiger partial charge >= 0.3 is 6.18 Å². The summed E-state index contributed by atoms with van der Waals surface area (Å²) in [6.07, 6.45) is -0.986. The number of halogens is 4. The lowest BCUT2D eigenvalue weighted by molar-refractivity contribution is -0.139. The molecule has 0 fully saturated rings. The highest BCUT2D eigenvalue weighted by atomic mass is 19.4. The molecule has 0 unspecified atom stereocenters. The Bertz CT molecular complexity index is 1310. The summed E-state index contributed by atoms with van der Waals surface area (Å²) >= 11 is 0. The molecule has 2 aromatic carbocycles. The van der Waals surface area contributed by atoms with Crippen LogP contribution in [-0.2, 0) is 6.18 Å². The number of anilines is 3. The zero-order valence-corrected chi connectivity index (χ0v) is 23.0. The lowest BCUT2D eigenvalue weighted by atomic mass is 10.1. The number of ether oxygens (including phenoxy) is 2. The van der Waals surface area contributed by atoms with E-state index in [9.17, 15) is 18.0 Å². The number of alkyl halides is 3. The van der Waals surface area contributed by atoms with Gasteiger partial charge in [0.15, 0.2) is 5.75 Å². The normalized spacial score (nSPS) is 11.3. The Kier molecular flexibility index (Phi) is 10.1. The topological polar surface area (TPSA) is 88.6 Å². The van der Waals surface area contributed by atoms with Crippen molar-refractivity contribution in [1.82, 2.24) is 15.3 Å². The van der Waals surface area contributed by atoms with Crippen LogP contribution in [0.4, 0.5) is 34.9 Å². The van der Waals surface area contributed by atoms with Crippen molar-refractivity contribution >= 4 is 23.2 Å². The molecule has 216 valence electrons. The smallest absolute Gasteiger partial charge is 0.423 e.